The second-order valence-electron chi connectivity index (χ2n) is 5.33. The number of methoxy groups -OCH3 is 1. The lowest BCUT2D eigenvalue weighted by Crippen LogP contribution is -2.26. The lowest BCUT2D eigenvalue weighted by Gasteiger charge is -2.06. The van der Waals surface area contributed by atoms with Crippen molar-refractivity contribution in [1.82, 2.24) is 14.9 Å². The monoisotopic (exact) mass is 393 g/mol. The minimum absolute atomic E-state index is 0.136. The van der Waals surface area contributed by atoms with Crippen molar-refractivity contribution in [2.24, 2.45) is 0 Å². The normalized spacial score (nSPS) is 11.5. The molecule has 0 radical (unpaired) electrons. The van der Waals surface area contributed by atoms with Crippen LogP contribution in [0.25, 0.3) is 11.5 Å². The third kappa shape index (κ3) is 4.40. The molecule has 0 unspecified atom stereocenters. The average Bonchev–Trinajstić information content (AvgIpc) is 3.11. The van der Waals surface area contributed by atoms with Gasteiger partial charge in [-0.15, -0.1) is 10.2 Å². The van der Waals surface area contributed by atoms with E-state index in [0.29, 0.717) is 22.6 Å². The molecular formula is C17H16ClN3O4S. The summed E-state index contributed by atoms with van der Waals surface area (Å²) in [7, 11) is -2.10. The van der Waals surface area contributed by atoms with Crippen LogP contribution < -0.4 is 9.46 Å². The van der Waals surface area contributed by atoms with E-state index in [1.54, 1.807) is 36.4 Å². The standard InChI is InChI=1S/C17H16ClN3O4S/c1-24-14-6-8-15(9-7-14)26(22,23)19-11-10-16-20-21-17(25-16)12-2-4-13(18)5-3-12/h2-9,19H,10-11H2,1H3. The zero-order chi connectivity index (χ0) is 18.6. The molecule has 7 nitrogen and oxygen atoms in total. The Morgan fingerprint density at radius 3 is 2.42 bits per heavy atom. The first-order valence-corrected chi connectivity index (χ1v) is 9.56. The largest absolute Gasteiger partial charge is 0.497 e. The highest BCUT2D eigenvalue weighted by molar-refractivity contribution is 7.89. The predicted octanol–water partition coefficient (Wildman–Crippen LogP) is 2.92. The fraction of sp³-hybridized carbons (Fsp3) is 0.176. The van der Waals surface area contributed by atoms with E-state index < -0.39 is 10.0 Å². The molecule has 1 aromatic heterocycles. The summed E-state index contributed by atoms with van der Waals surface area (Å²) in [5, 5.41) is 8.50. The van der Waals surface area contributed by atoms with Gasteiger partial charge in [-0.25, -0.2) is 13.1 Å². The number of benzene rings is 2. The van der Waals surface area contributed by atoms with Crippen LogP contribution in [0.1, 0.15) is 5.89 Å². The molecule has 136 valence electrons. The van der Waals surface area contributed by atoms with E-state index in [9.17, 15) is 8.42 Å². The molecule has 0 saturated heterocycles. The molecule has 2 aromatic carbocycles. The SMILES string of the molecule is COc1ccc(S(=O)(=O)NCCc2nnc(-c3ccc(Cl)cc3)o2)cc1. The first-order chi connectivity index (χ1) is 12.5. The molecule has 3 rings (SSSR count). The average molecular weight is 394 g/mol. The topological polar surface area (TPSA) is 94.3 Å². The van der Waals surface area contributed by atoms with Crippen molar-refractivity contribution in [3.8, 4) is 17.2 Å². The second-order valence-corrected chi connectivity index (χ2v) is 7.53. The van der Waals surface area contributed by atoms with Crippen LogP contribution in [0.15, 0.2) is 57.8 Å². The van der Waals surface area contributed by atoms with E-state index in [1.165, 1.54) is 19.2 Å². The lowest BCUT2D eigenvalue weighted by atomic mass is 10.2. The van der Waals surface area contributed by atoms with Crippen molar-refractivity contribution >= 4 is 21.6 Å². The fourth-order valence-electron chi connectivity index (χ4n) is 2.19. The number of nitrogens with one attached hydrogen (secondary N) is 1. The molecule has 26 heavy (non-hydrogen) atoms. The van der Waals surface area contributed by atoms with Crippen LogP contribution in [0.3, 0.4) is 0 Å². The Bertz CT molecular complexity index is 970. The van der Waals surface area contributed by atoms with Crippen LogP contribution >= 0.6 is 11.6 Å². The Kier molecular flexibility index (Phi) is 5.55. The molecule has 0 aliphatic heterocycles. The van der Waals surface area contributed by atoms with Gasteiger partial charge in [0.2, 0.25) is 21.8 Å². The third-order valence-electron chi connectivity index (χ3n) is 3.56. The number of halogens is 1. The molecule has 0 spiro atoms. The summed E-state index contributed by atoms with van der Waals surface area (Å²) >= 11 is 5.84. The van der Waals surface area contributed by atoms with Crippen LogP contribution in [-0.2, 0) is 16.4 Å². The van der Waals surface area contributed by atoms with Gasteiger partial charge in [-0.1, -0.05) is 11.6 Å². The van der Waals surface area contributed by atoms with Crippen molar-refractivity contribution in [3.63, 3.8) is 0 Å². The Morgan fingerprint density at radius 1 is 1.08 bits per heavy atom. The van der Waals surface area contributed by atoms with Crippen molar-refractivity contribution in [2.45, 2.75) is 11.3 Å². The highest BCUT2D eigenvalue weighted by atomic mass is 35.5. The summed E-state index contributed by atoms with van der Waals surface area (Å²) in [5.41, 5.74) is 0.743. The number of sulfonamides is 1. The van der Waals surface area contributed by atoms with Gasteiger partial charge in [-0.2, -0.15) is 0 Å². The van der Waals surface area contributed by atoms with E-state index in [2.05, 4.69) is 14.9 Å². The highest BCUT2D eigenvalue weighted by Crippen LogP contribution is 2.20. The maximum absolute atomic E-state index is 12.2. The third-order valence-corrected chi connectivity index (χ3v) is 5.29. The second kappa shape index (κ2) is 7.86. The van der Waals surface area contributed by atoms with Gasteiger partial charge in [-0.05, 0) is 48.5 Å². The maximum Gasteiger partial charge on any atom is 0.247 e. The zero-order valence-corrected chi connectivity index (χ0v) is 15.4. The van der Waals surface area contributed by atoms with Gasteiger partial charge in [0, 0.05) is 23.6 Å². The number of hydrogen-bond acceptors (Lipinski definition) is 6. The smallest absolute Gasteiger partial charge is 0.247 e. The van der Waals surface area contributed by atoms with Crippen molar-refractivity contribution < 1.29 is 17.6 Å². The molecule has 0 saturated carbocycles. The van der Waals surface area contributed by atoms with Crippen LogP contribution in [0, 0.1) is 0 Å². The van der Waals surface area contributed by atoms with E-state index >= 15 is 0 Å². The highest BCUT2D eigenvalue weighted by Gasteiger charge is 2.15. The van der Waals surface area contributed by atoms with E-state index in [-0.39, 0.29) is 17.9 Å². The predicted molar refractivity (Wildman–Crippen MR) is 96.6 cm³/mol. The molecule has 0 aliphatic carbocycles. The lowest BCUT2D eigenvalue weighted by molar-refractivity contribution is 0.414. The molecule has 3 aromatic rings. The molecular weight excluding hydrogens is 378 g/mol. The zero-order valence-electron chi connectivity index (χ0n) is 13.8. The molecule has 0 aliphatic rings. The number of hydrogen-bond donors (Lipinski definition) is 1. The Labute approximate surface area is 156 Å². The number of rotatable bonds is 7. The van der Waals surface area contributed by atoms with Gasteiger partial charge in [0.05, 0.1) is 12.0 Å². The van der Waals surface area contributed by atoms with Gasteiger partial charge in [0.15, 0.2) is 0 Å². The van der Waals surface area contributed by atoms with Crippen LogP contribution in [0.5, 0.6) is 5.75 Å². The molecule has 1 heterocycles. The van der Waals surface area contributed by atoms with Gasteiger partial charge < -0.3 is 9.15 Å². The number of aromatic nitrogens is 2. The Balaban J connectivity index is 1.60. The van der Waals surface area contributed by atoms with E-state index in [1.807, 2.05) is 0 Å². The van der Waals surface area contributed by atoms with Gasteiger partial charge in [-0.3, -0.25) is 0 Å². The summed E-state index contributed by atoms with van der Waals surface area (Å²) in [6.07, 6.45) is 0.274. The Morgan fingerprint density at radius 2 is 1.77 bits per heavy atom. The van der Waals surface area contributed by atoms with Gasteiger partial charge >= 0.3 is 0 Å². The molecule has 0 fully saturated rings. The molecule has 0 bridgehead atoms. The van der Waals surface area contributed by atoms with Crippen molar-refractivity contribution in [3.05, 3.63) is 59.4 Å². The molecule has 0 atom stereocenters. The minimum atomic E-state index is -3.62. The van der Waals surface area contributed by atoms with Crippen LogP contribution in [0.4, 0.5) is 0 Å². The van der Waals surface area contributed by atoms with E-state index in [4.69, 9.17) is 20.8 Å². The number of nitrogens with zero attached hydrogens (tertiary/aromatic N) is 2. The first kappa shape index (κ1) is 18.4. The number of ether oxygens (including phenoxy) is 1. The summed E-state index contributed by atoms with van der Waals surface area (Å²) in [6.45, 7) is 0.136. The maximum atomic E-state index is 12.2. The van der Waals surface area contributed by atoms with Gasteiger partial charge in [0.1, 0.15) is 5.75 Å². The summed E-state index contributed by atoms with van der Waals surface area (Å²) in [5.74, 6) is 1.28. The van der Waals surface area contributed by atoms with Crippen LogP contribution in [0.2, 0.25) is 5.02 Å². The molecule has 9 heteroatoms. The summed E-state index contributed by atoms with van der Waals surface area (Å²) in [4.78, 5) is 0.158. The van der Waals surface area contributed by atoms with E-state index in [0.717, 1.165) is 5.56 Å². The Hall–Kier alpha value is -2.42. The first-order valence-electron chi connectivity index (χ1n) is 7.70. The van der Waals surface area contributed by atoms with Crippen molar-refractivity contribution in [2.75, 3.05) is 13.7 Å². The summed E-state index contributed by atoms with van der Waals surface area (Å²) < 4.78 is 37.6. The summed E-state index contributed by atoms with van der Waals surface area (Å²) in [6, 6.07) is 13.1. The van der Waals surface area contributed by atoms with Gasteiger partial charge in [0.25, 0.3) is 0 Å². The van der Waals surface area contributed by atoms with Crippen LogP contribution in [-0.4, -0.2) is 32.3 Å². The quantitative estimate of drug-likeness (QED) is 0.663. The molecule has 1 N–H and O–H groups in total. The minimum Gasteiger partial charge on any atom is -0.497 e. The molecule has 0 amide bonds. The fourth-order valence-corrected chi connectivity index (χ4v) is 3.35. The van der Waals surface area contributed by atoms with Crippen molar-refractivity contribution in [1.29, 1.82) is 0 Å².